The van der Waals surface area contributed by atoms with Gasteiger partial charge in [0.1, 0.15) is 0 Å². The van der Waals surface area contributed by atoms with E-state index in [1.165, 1.54) is 25.7 Å². The number of methoxy groups -OCH3 is 1. The third-order valence-electron chi connectivity index (χ3n) is 1.90. The summed E-state index contributed by atoms with van der Waals surface area (Å²) in [7, 11) is 1.80. The van der Waals surface area contributed by atoms with Gasteiger partial charge in [-0.15, -0.1) is 0 Å². The zero-order valence-corrected chi connectivity index (χ0v) is 7.36. The van der Waals surface area contributed by atoms with Crippen molar-refractivity contribution >= 4 is 15.9 Å². The Labute approximate surface area is 64.9 Å². The Morgan fingerprint density at radius 3 is 2.67 bits per heavy atom. The molecule has 2 atom stereocenters. The number of ether oxygens (including phenoxy) is 1. The predicted octanol–water partition coefficient (Wildman–Crippen LogP) is 2.34. The summed E-state index contributed by atoms with van der Waals surface area (Å²) in [6.45, 7) is 0. The second-order valence-corrected chi connectivity index (χ2v) is 3.92. The highest BCUT2D eigenvalue weighted by molar-refractivity contribution is 9.09. The Morgan fingerprint density at radius 1 is 1.44 bits per heavy atom. The lowest BCUT2D eigenvalue weighted by molar-refractivity contribution is 0.0737. The van der Waals surface area contributed by atoms with E-state index in [0.29, 0.717) is 10.9 Å². The molecule has 0 radical (unpaired) electrons. The number of rotatable bonds is 1. The molecule has 1 nitrogen and oxygen atoms in total. The van der Waals surface area contributed by atoms with E-state index in [2.05, 4.69) is 15.9 Å². The van der Waals surface area contributed by atoms with E-state index in [4.69, 9.17) is 4.74 Å². The molecule has 1 aliphatic carbocycles. The van der Waals surface area contributed by atoms with E-state index in [1.807, 2.05) is 0 Å². The number of alkyl halides is 1. The Bertz CT molecular complexity index is 85.0. The molecule has 1 rings (SSSR count). The Hall–Kier alpha value is 0.440. The lowest BCUT2D eigenvalue weighted by Crippen LogP contribution is -2.21. The Kier molecular flexibility index (Phi) is 2.99. The first-order valence-corrected chi connectivity index (χ1v) is 4.41. The molecule has 0 aliphatic heterocycles. The molecule has 0 bridgehead atoms. The monoisotopic (exact) mass is 192 g/mol. The summed E-state index contributed by atoms with van der Waals surface area (Å²) >= 11 is 3.59. The first-order chi connectivity index (χ1) is 4.33. The van der Waals surface area contributed by atoms with Gasteiger partial charge in [-0.1, -0.05) is 15.9 Å². The van der Waals surface area contributed by atoms with Gasteiger partial charge >= 0.3 is 0 Å². The topological polar surface area (TPSA) is 9.23 Å². The third-order valence-corrected chi connectivity index (χ3v) is 2.73. The second-order valence-electron chi connectivity index (χ2n) is 2.62. The van der Waals surface area contributed by atoms with Crippen molar-refractivity contribution in [3.05, 3.63) is 0 Å². The van der Waals surface area contributed by atoms with Crippen LogP contribution in [-0.4, -0.2) is 18.0 Å². The van der Waals surface area contributed by atoms with Gasteiger partial charge in [0.05, 0.1) is 6.10 Å². The van der Waals surface area contributed by atoms with Crippen molar-refractivity contribution in [2.24, 2.45) is 0 Å². The largest absolute Gasteiger partial charge is 0.381 e. The molecule has 1 aliphatic rings. The summed E-state index contributed by atoms with van der Waals surface area (Å²) in [6, 6.07) is 0. The van der Waals surface area contributed by atoms with Crippen LogP contribution in [0, 0.1) is 0 Å². The van der Waals surface area contributed by atoms with Gasteiger partial charge in [-0.3, -0.25) is 0 Å². The first-order valence-electron chi connectivity index (χ1n) is 3.50. The summed E-state index contributed by atoms with van der Waals surface area (Å²) in [4.78, 5) is 0.705. The van der Waals surface area contributed by atoms with Crippen molar-refractivity contribution in [3.8, 4) is 0 Å². The molecule has 2 heteroatoms. The summed E-state index contributed by atoms with van der Waals surface area (Å²) in [5.41, 5.74) is 0. The molecule has 54 valence electrons. The molecule has 0 unspecified atom stereocenters. The van der Waals surface area contributed by atoms with Crippen LogP contribution < -0.4 is 0 Å². The molecule has 9 heavy (non-hydrogen) atoms. The fourth-order valence-electron chi connectivity index (χ4n) is 1.30. The molecule has 1 fully saturated rings. The van der Waals surface area contributed by atoms with Crippen LogP contribution in [0.5, 0.6) is 0 Å². The molecular weight excluding hydrogens is 180 g/mol. The first kappa shape index (κ1) is 7.55. The van der Waals surface area contributed by atoms with E-state index >= 15 is 0 Å². The van der Waals surface area contributed by atoms with Gasteiger partial charge in [0.15, 0.2) is 0 Å². The fraction of sp³-hybridized carbons (Fsp3) is 1.00. The van der Waals surface area contributed by atoms with Crippen LogP contribution >= 0.6 is 15.9 Å². The molecule has 0 aromatic carbocycles. The molecule has 0 N–H and O–H groups in total. The average molecular weight is 193 g/mol. The van der Waals surface area contributed by atoms with Crippen molar-refractivity contribution in [2.45, 2.75) is 36.6 Å². The minimum Gasteiger partial charge on any atom is -0.381 e. The lowest BCUT2D eigenvalue weighted by atomic mass is 9.98. The number of hydrogen-bond donors (Lipinski definition) is 0. The van der Waals surface area contributed by atoms with Gasteiger partial charge < -0.3 is 4.74 Å². The van der Waals surface area contributed by atoms with Crippen molar-refractivity contribution < 1.29 is 4.74 Å². The number of hydrogen-bond acceptors (Lipinski definition) is 1. The summed E-state index contributed by atoms with van der Waals surface area (Å²) in [5, 5.41) is 0. The quantitative estimate of drug-likeness (QED) is 0.580. The maximum absolute atomic E-state index is 5.23. The van der Waals surface area contributed by atoms with Crippen molar-refractivity contribution in [1.82, 2.24) is 0 Å². The van der Waals surface area contributed by atoms with Gasteiger partial charge in [0, 0.05) is 11.9 Å². The zero-order chi connectivity index (χ0) is 6.69. The molecule has 0 saturated heterocycles. The van der Waals surface area contributed by atoms with E-state index in [0.717, 1.165) is 0 Å². The zero-order valence-electron chi connectivity index (χ0n) is 5.77. The van der Waals surface area contributed by atoms with Crippen molar-refractivity contribution in [1.29, 1.82) is 0 Å². The molecule has 1 saturated carbocycles. The molecule has 0 amide bonds. The van der Waals surface area contributed by atoms with E-state index in [1.54, 1.807) is 7.11 Å². The van der Waals surface area contributed by atoms with Crippen LogP contribution in [0.25, 0.3) is 0 Å². The minimum absolute atomic E-state index is 0.517. The van der Waals surface area contributed by atoms with Gasteiger partial charge in [0.2, 0.25) is 0 Å². The molecule has 0 spiro atoms. The van der Waals surface area contributed by atoms with Crippen LogP contribution in [0.15, 0.2) is 0 Å². The van der Waals surface area contributed by atoms with Crippen molar-refractivity contribution in [3.63, 3.8) is 0 Å². The van der Waals surface area contributed by atoms with E-state index in [9.17, 15) is 0 Å². The number of halogens is 1. The molecule has 0 aromatic heterocycles. The highest BCUT2D eigenvalue weighted by Crippen LogP contribution is 2.25. The highest BCUT2D eigenvalue weighted by atomic mass is 79.9. The highest BCUT2D eigenvalue weighted by Gasteiger charge is 2.18. The standard InChI is InChI=1S/C7H13BrO/c1-9-7-4-2-3-6(8)5-7/h6-7H,2-5H2,1H3/t6-,7+/m0/s1. The van der Waals surface area contributed by atoms with Gasteiger partial charge in [-0.25, -0.2) is 0 Å². The summed E-state index contributed by atoms with van der Waals surface area (Å²) in [6.07, 6.45) is 5.59. The maximum atomic E-state index is 5.23. The fourth-order valence-corrected chi connectivity index (χ4v) is 2.04. The van der Waals surface area contributed by atoms with Gasteiger partial charge in [-0.2, -0.15) is 0 Å². The minimum atomic E-state index is 0.517. The van der Waals surface area contributed by atoms with E-state index < -0.39 is 0 Å². The maximum Gasteiger partial charge on any atom is 0.0582 e. The van der Waals surface area contributed by atoms with Crippen LogP contribution in [0.3, 0.4) is 0 Å². The van der Waals surface area contributed by atoms with Crippen LogP contribution in [-0.2, 0) is 4.74 Å². The summed E-state index contributed by atoms with van der Waals surface area (Å²) in [5.74, 6) is 0. The molecule has 0 aromatic rings. The van der Waals surface area contributed by atoms with Crippen LogP contribution in [0.4, 0.5) is 0 Å². The average Bonchev–Trinajstić information content (AvgIpc) is 1.88. The van der Waals surface area contributed by atoms with Crippen LogP contribution in [0.2, 0.25) is 0 Å². The Morgan fingerprint density at radius 2 is 2.22 bits per heavy atom. The second kappa shape index (κ2) is 3.57. The summed E-state index contributed by atoms with van der Waals surface area (Å²) < 4.78 is 5.23. The lowest BCUT2D eigenvalue weighted by Gasteiger charge is -2.23. The molecule has 0 heterocycles. The smallest absolute Gasteiger partial charge is 0.0582 e. The third kappa shape index (κ3) is 2.26. The molecular formula is C7H13BrO. The SMILES string of the molecule is CO[C@@H]1CCC[C@H](Br)C1. The predicted molar refractivity (Wildman–Crippen MR) is 42.0 cm³/mol. The Balaban J connectivity index is 2.23. The van der Waals surface area contributed by atoms with Gasteiger partial charge in [-0.05, 0) is 25.7 Å². The van der Waals surface area contributed by atoms with Gasteiger partial charge in [0.25, 0.3) is 0 Å². The van der Waals surface area contributed by atoms with E-state index in [-0.39, 0.29) is 0 Å². The van der Waals surface area contributed by atoms with Crippen molar-refractivity contribution in [2.75, 3.05) is 7.11 Å². The normalized spacial score (nSPS) is 36.7. The van der Waals surface area contributed by atoms with Crippen LogP contribution in [0.1, 0.15) is 25.7 Å².